The monoisotopic (exact) mass is 662 g/mol. The summed E-state index contributed by atoms with van der Waals surface area (Å²) in [6.07, 6.45) is -0.261. The van der Waals surface area contributed by atoms with Crippen molar-refractivity contribution < 1.29 is 24.3 Å². The van der Waals surface area contributed by atoms with E-state index in [0.29, 0.717) is 6.42 Å². The summed E-state index contributed by atoms with van der Waals surface area (Å²) in [5, 5.41) is 23.1. The molecule has 0 aliphatic carbocycles. The zero-order valence-corrected chi connectivity index (χ0v) is 26.0. The standard InChI is InChI=1S/C31H33Cl3N4O6/c32-31(33,34)30(40)35-18-21-1-7-24(8-2-21)29-43-27(17-28(44-29)23-5-3-22(20-39)4-6-23)19-36-13-15-37(16-14-36)25-9-11-26(12-10-25)38(41)42/h1-12,27-29,39H,13-20H2,(H,35,40). The molecular weight excluding hydrogens is 631 g/mol. The summed E-state index contributed by atoms with van der Waals surface area (Å²) in [5.74, 6) is -0.697. The number of ether oxygens (including phenoxy) is 2. The molecule has 3 unspecified atom stereocenters. The van der Waals surface area contributed by atoms with E-state index in [9.17, 15) is 20.0 Å². The molecule has 0 spiro atoms. The number of halogens is 3. The molecule has 5 rings (SSSR count). The van der Waals surface area contributed by atoms with Gasteiger partial charge in [-0.15, -0.1) is 0 Å². The third-order valence-electron chi connectivity index (χ3n) is 7.84. The largest absolute Gasteiger partial charge is 0.392 e. The first-order valence-corrected chi connectivity index (χ1v) is 15.4. The fraction of sp³-hybridized carbons (Fsp3) is 0.387. The maximum absolute atomic E-state index is 11.9. The van der Waals surface area contributed by atoms with Crippen LogP contribution in [0.4, 0.5) is 11.4 Å². The second kappa shape index (κ2) is 14.4. The van der Waals surface area contributed by atoms with E-state index < -0.39 is 16.0 Å². The van der Waals surface area contributed by atoms with Crippen LogP contribution in [0.3, 0.4) is 0 Å². The van der Waals surface area contributed by atoms with E-state index in [2.05, 4.69) is 15.1 Å². The molecule has 13 heteroatoms. The molecule has 234 valence electrons. The van der Waals surface area contributed by atoms with E-state index in [0.717, 1.165) is 60.7 Å². The van der Waals surface area contributed by atoms with Crippen LogP contribution in [0.25, 0.3) is 0 Å². The van der Waals surface area contributed by atoms with Crippen LogP contribution in [0.2, 0.25) is 0 Å². The Morgan fingerprint density at radius 2 is 1.52 bits per heavy atom. The molecule has 1 amide bonds. The smallest absolute Gasteiger partial charge is 0.272 e. The van der Waals surface area contributed by atoms with Crippen molar-refractivity contribution in [2.75, 3.05) is 37.6 Å². The van der Waals surface area contributed by atoms with Crippen molar-refractivity contribution in [1.29, 1.82) is 0 Å². The van der Waals surface area contributed by atoms with E-state index in [4.69, 9.17) is 44.3 Å². The van der Waals surface area contributed by atoms with E-state index in [1.807, 2.05) is 48.5 Å². The number of aliphatic hydroxyl groups excluding tert-OH is 1. The van der Waals surface area contributed by atoms with Gasteiger partial charge in [0.1, 0.15) is 0 Å². The third kappa shape index (κ3) is 8.39. The third-order valence-corrected chi connectivity index (χ3v) is 8.35. The SMILES string of the molecule is O=C(NCc1ccc(C2OC(CN3CCN(c4ccc([N+](=O)[O-])cc4)CC3)CC(c3ccc(CO)cc3)O2)cc1)C(Cl)(Cl)Cl. The van der Waals surface area contributed by atoms with Crippen molar-refractivity contribution in [3.05, 3.63) is 105 Å². The Bertz CT molecular complexity index is 1410. The van der Waals surface area contributed by atoms with Gasteiger partial charge in [-0.2, -0.15) is 0 Å². The van der Waals surface area contributed by atoms with Gasteiger partial charge in [0.25, 0.3) is 15.4 Å². The molecule has 2 N–H and O–H groups in total. The Balaban J connectivity index is 1.24. The fourth-order valence-electron chi connectivity index (χ4n) is 5.37. The molecule has 0 aromatic heterocycles. The molecule has 44 heavy (non-hydrogen) atoms. The average Bonchev–Trinajstić information content (AvgIpc) is 3.03. The summed E-state index contributed by atoms with van der Waals surface area (Å²) < 4.78 is 10.9. The van der Waals surface area contributed by atoms with Crippen molar-refractivity contribution >= 4 is 52.1 Å². The first-order chi connectivity index (χ1) is 21.1. The Labute approximate surface area is 270 Å². The number of rotatable bonds is 9. The maximum atomic E-state index is 11.9. The highest BCUT2D eigenvalue weighted by Gasteiger charge is 2.34. The summed E-state index contributed by atoms with van der Waals surface area (Å²) in [4.78, 5) is 27.1. The molecule has 0 bridgehead atoms. The summed E-state index contributed by atoms with van der Waals surface area (Å²) in [5.41, 5.74) is 4.56. The quantitative estimate of drug-likeness (QED) is 0.177. The Kier molecular flexibility index (Phi) is 10.6. The highest BCUT2D eigenvalue weighted by Crippen LogP contribution is 2.38. The number of nitro groups is 1. The van der Waals surface area contributed by atoms with Crippen LogP contribution in [0, 0.1) is 10.1 Å². The summed E-state index contributed by atoms with van der Waals surface area (Å²) in [7, 11) is 0. The molecule has 2 fully saturated rings. The van der Waals surface area contributed by atoms with Crippen LogP contribution in [0.1, 0.15) is 41.1 Å². The minimum absolute atomic E-state index is 0.0273. The van der Waals surface area contributed by atoms with Crippen molar-refractivity contribution in [3.63, 3.8) is 0 Å². The molecule has 2 aliphatic rings. The zero-order chi connectivity index (χ0) is 31.3. The molecule has 2 heterocycles. The maximum Gasteiger partial charge on any atom is 0.272 e. The minimum Gasteiger partial charge on any atom is -0.392 e. The van der Waals surface area contributed by atoms with Crippen LogP contribution >= 0.6 is 34.8 Å². The molecule has 3 atom stereocenters. The van der Waals surface area contributed by atoms with Gasteiger partial charge in [0.15, 0.2) is 6.29 Å². The van der Waals surface area contributed by atoms with E-state index in [1.165, 1.54) is 12.1 Å². The van der Waals surface area contributed by atoms with Crippen molar-refractivity contribution in [2.24, 2.45) is 0 Å². The Hall–Kier alpha value is -2.96. The van der Waals surface area contributed by atoms with Gasteiger partial charge in [-0.25, -0.2) is 0 Å². The number of nitrogens with one attached hydrogen (secondary N) is 1. The van der Waals surface area contributed by atoms with Crippen LogP contribution in [-0.4, -0.2) is 63.5 Å². The number of benzene rings is 3. The van der Waals surface area contributed by atoms with Crippen LogP contribution in [0.5, 0.6) is 0 Å². The van der Waals surface area contributed by atoms with Gasteiger partial charge in [-0.05, 0) is 28.8 Å². The lowest BCUT2D eigenvalue weighted by Crippen LogP contribution is -2.49. The van der Waals surface area contributed by atoms with E-state index >= 15 is 0 Å². The Morgan fingerprint density at radius 3 is 2.11 bits per heavy atom. The number of nitro benzene ring substituents is 1. The lowest BCUT2D eigenvalue weighted by atomic mass is 9.99. The van der Waals surface area contributed by atoms with Gasteiger partial charge < -0.3 is 24.8 Å². The van der Waals surface area contributed by atoms with Gasteiger partial charge in [0, 0.05) is 69.1 Å². The van der Waals surface area contributed by atoms with Gasteiger partial charge in [0.2, 0.25) is 0 Å². The van der Waals surface area contributed by atoms with Crippen molar-refractivity contribution in [1.82, 2.24) is 10.2 Å². The van der Waals surface area contributed by atoms with Gasteiger partial charge in [-0.3, -0.25) is 19.8 Å². The first-order valence-electron chi connectivity index (χ1n) is 14.3. The number of alkyl halides is 3. The molecular formula is C31H33Cl3N4O6. The minimum atomic E-state index is -2.03. The first kappa shape index (κ1) is 32.4. The number of hydrogen-bond donors (Lipinski definition) is 2. The van der Waals surface area contributed by atoms with Crippen molar-refractivity contribution in [3.8, 4) is 0 Å². The summed E-state index contributed by atoms with van der Waals surface area (Å²) in [6.45, 7) is 4.15. The zero-order valence-electron chi connectivity index (χ0n) is 23.8. The summed E-state index contributed by atoms with van der Waals surface area (Å²) in [6, 6.07) is 22.0. The second-order valence-corrected chi connectivity index (χ2v) is 13.1. The number of piperazine rings is 1. The topological polar surface area (TPSA) is 117 Å². The van der Waals surface area contributed by atoms with Gasteiger partial charge >= 0.3 is 0 Å². The van der Waals surface area contributed by atoms with Crippen LogP contribution in [0.15, 0.2) is 72.8 Å². The molecule has 0 saturated carbocycles. The number of amides is 1. The highest BCUT2D eigenvalue weighted by molar-refractivity contribution is 6.76. The molecule has 0 radical (unpaired) electrons. The highest BCUT2D eigenvalue weighted by atomic mass is 35.6. The van der Waals surface area contributed by atoms with Crippen LogP contribution in [-0.2, 0) is 27.4 Å². The van der Waals surface area contributed by atoms with Crippen molar-refractivity contribution in [2.45, 2.75) is 41.9 Å². The van der Waals surface area contributed by atoms with E-state index in [-0.39, 0.29) is 36.0 Å². The average molecular weight is 664 g/mol. The lowest BCUT2D eigenvalue weighted by Gasteiger charge is -2.41. The number of anilines is 1. The molecule has 2 saturated heterocycles. The second-order valence-electron chi connectivity index (χ2n) is 10.8. The summed E-state index contributed by atoms with van der Waals surface area (Å²) >= 11 is 16.9. The molecule has 2 aliphatic heterocycles. The molecule has 3 aromatic rings. The van der Waals surface area contributed by atoms with Crippen LogP contribution < -0.4 is 10.2 Å². The normalized spacial score (nSPS) is 21.2. The van der Waals surface area contributed by atoms with Gasteiger partial charge in [-0.1, -0.05) is 83.3 Å². The van der Waals surface area contributed by atoms with Gasteiger partial charge in [0.05, 0.1) is 23.7 Å². The molecule has 10 nitrogen and oxygen atoms in total. The number of carbonyl (C=O) groups is 1. The number of non-ortho nitro benzene ring substituents is 1. The van der Waals surface area contributed by atoms with E-state index in [1.54, 1.807) is 12.1 Å². The fourth-order valence-corrected chi connectivity index (χ4v) is 5.57. The predicted molar refractivity (Wildman–Crippen MR) is 169 cm³/mol. The number of nitrogens with zero attached hydrogens (tertiary/aromatic N) is 3. The molecule has 3 aromatic carbocycles. The number of aliphatic hydroxyl groups is 1. The number of hydrogen-bond acceptors (Lipinski definition) is 8. The lowest BCUT2D eigenvalue weighted by molar-refractivity contribution is -0.384. The Morgan fingerprint density at radius 1 is 0.909 bits per heavy atom. The predicted octanol–water partition coefficient (Wildman–Crippen LogP) is 5.44. The number of carbonyl (C=O) groups excluding carboxylic acids is 1.